The van der Waals surface area contributed by atoms with E-state index in [4.69, 9.17) is 9.47 Å². The maximum Gasteiger partial charge on any atom is 0.423 e. The lowest BCUT2D eigenvalue weighted by molar-refractivity contribution is -0.139. The molecule has 0 aliphatic carbocycles. The van der Waals surface area contributed by atoms with E-state index in [0.717, 1.165) is 0 Å². The van der Waals surface area contributed by atoms with Crippen LogP contribution in [0, 0.1) is 0 Å². The zero-order chi connectivity index (χ0) is 16.9. The quantitative estimate of drug-likeness (QED) is 0.868. The van der Waals surface area contributed by atoms with Gasteiger partial charge in [-0.3, -0.25) is 0 Å². The number of hydrogen-bond donors (Lipinski definition) is 1. The fourth-order valence-electron chi connectivity index (χ4n) is 1.80. The van der Waals surface area contributed by atoms with Gasteiger partial charge in [-0.15, -0.1) is 0 Å². The van der Waals surface area contributed by atoms with Gasteiger partial charge in [0.15, 0.2) is 0 Å². The minimum Gasteiger partial charge on any atom is -0.495 e. The van der Waals surface area contributed by atoms with Gasteiger partial charge in [-0.25, -0.2) is 4.98 Å². The number of para-hydroxylation sites is 2. The molecule has 0 aliphatic heterocycles. The van der Waals surface area contributed by atoms with Crippen LogP contribution in [0.15, 0.2) is 30.5 Å². The summed E-state index contributed by atoms with van der Waals surface area (Å²) in [5.41, 5.74) is -0.465. The van der Waals surface area contributed by atoms with Crippen molar-refractivity contribution in [3.05, 3.63) is 36.0 Å². The van der Waals surface area contributed by atoms with Crippen LogP contribution in [0.25, 0.3) is 0 Å². The highest BCUT2D eigenvalue weighted by atomic mass is 19.4. The summed E-state index contributed by atoms with van der Waals surface area (Å²) in [4.78, 5) is 7.53. The smallest absolute Gasteiger partial charge is 0.423 e. The van der Waals surface area contributed by atoms with Gasteiger partial charge < -0.3 is 14.8 Å². The van der Waals surface area contributed by atoms with Crippen LogP contribution in [-0.4, -0.2) is 23.7 Å². The van der Waals surface area contributed by atoms with E-state index in [2.05, 4.69) is 15.3 Å². The Morgan fingerprint density at radius 2 is 1.96 bits per heavy atom. The predicted molar refractivity (Wildman–Crippen MR) is 79.1 cm³/mol. The van der Waals surface area contributed by atoms with Gasteiger partial charge in [0.25, 0.3) is 0 Å². The van der Waals surface area contributed by atoms with E-state index in [1.165, 1.54) is 7.11 Å². The largest absolute Gasteiger partial charge is 0.495 e. The Hall–Kier alpha value is -2.51. The second-order valence-electron chi connectivity index (χ2n) is 4.58. The van der Waals surface area contributed by atoms with Crippen LogP contribution in [0.5, 0.6) is 11.6 Å². The van der Waals surface area contributed by atoms with Crippen molar-refractivity contribution in [1.29, 1.82) is 0 Å². The van der Waals surface area contributed by atoms with Crippen LogP contribution >= 0.6 is 0 Å². The molecule has 0 atom stereocenters. The molecular formula is C15H16F3N3O2. The average Bonchev–Trinajstić information content (AvgIpc) is 2.52. The lowest BCUT2D eigenvalue weighted by Gasteiger charge is -2.14. The summed E-state index contributed by atoms with van der Waals surface area (Å²) >= 11 is 0. The molecule has 0 fully saturated rings. The van der Waals surface area contributed by atoms with Gasteiger partial charge in [-0.1, -0.05) is 19.1 Å². The summed E-state index contributed by atoms with van der Waals surface area (Å²) in [6, 6.07) is 6.93. The molecule has 2 aromatic rings. The third kappa shape index (κ3) is 4.24. The van der Waals surface area contributed by atoms with Crippen LogP contribution in [0.2, 0.25) is 0 Å². The topological polar surface area (TPSA) is 56.3 Å². The molecular weight excluding hydrogens is 311 g/mol. The minimum atomic E-state index is -4.58. The van der Waals surface area contributed by atoms with Crippen molar-refractivity contribution in [3.63, 3.8) is 0 Å². The standard InChI is InChI=1S/C15H16F3N3O2/c1-3-8-23-13-10(15(16,17)18)9-19-14(21-13)20-11-6-4-5-7-12(11)22-2/h4-7,9H,3,8H2,1-2H3,(H,19,20,21). The second kappa shape index (κ2) is 7.17. The zero-order valence-corrected chi connectivity index (χ0v) is 12.6. The first-order chi connectivity index (χ1) is 11.0. The molecule has 0 amide bonds. The minimum absolute atomic E-state index is 0.00592. The molecule has 0 saturated heterocycles. The van der Waals surface area contributed by atoms with Gasteiger partial charge in [-0.2, -0.15) is 18.2 Å². The number of nitrogens with zero attached hydrogens (tertiary/aromatic N) is 2. The van der Waals surface area contributed by atoms with Gasteiger partial charge in [0.1, 0.15) is 11.3 Å². The highest BCUT2D eigenvalue weighted by Crippen LogP contribution is 2.35. The van der Waals surface area contributed by atoms with Crippen molar-refractivity contribution in [2.75, 3.05) is 19.0 Å². The van der Waals surface area contributed by atoms with E-state index < -0.39 is 17.6 Å². The second-order valence-corrected chi connectivity index (χ2v) is 4.58. The third-order valence-corrected chi connectivity index (χ3v) is 2.86. The lowest BCUT2D eigenvalue weighted by Crippen LogP contribution is -2.12. The average molecular weight is 327 g/mol. The Kier molecular flexibility index (Phi) is 5.25. The van der Waals surface area contributed by atoms with Crippen molar-refractivity contribution in [1.82, 2.24) is 9.97 Å². The number of benzene rings is 1. The molecule has 1 heterocycles. The Labute approximate surface area is 131 Å². The molecule has 23 heavy (non-hydrogen) atoms. The summed E-state index contributed by atoms with van der Waals surface area (Å²) in [5.74, 6) is 0.0207. The van der Waals surface area contributed by atoms with Crippen molar-refractivity contribution >= 4 is 11.6 Å². The SMILES string of the molecule is CCCOc1nc(Nc2ccccc2OC)ncc1C(F)(F)F. The normalized spacial score (nSPS) is 11.2. The van der Waals surface area contributed by atoms with E-state index in [9.17, 15) is 13.2 Å². The van der Waals surface area contributed by atoms with Crippen molar-refractivity contribution in [3.8, 4) is 11.6 Å². The molecule has 0 radical (unpaired) electrons. The number of hydrogen-bond acceptors (Lipinski definition) is 5. The molecule has 1 aromatic heterocycles. The van der Waals surface area contributed by atoms with Gasteiger partial charge in [0, 0.05) is 6.20 Å². The molecule has 2 rings (SSSR count). The van der Waals surface area contributed by atoms with E-state index in [-0.39, 0.29) is 12.6 Å². The zero-order valence-electron chi connectivity index (χ0n) is 12.6. The Balaban J connectivity index is 2.33. The lowest BCUT2D eigenvalue weighted by atomic mass is 10.3. The van der Waals surface area contributed by atoms with E-state index >= 15 is 0 Å². The number of nitrogens with one attached hydrogen (secondary N) is 1. The first-order valence-corrected chi connectivity index (χ1v) is 6.92. The molecule has 1 N–H and O–H groups in total. The van der Waals surface area contributed by atoms with Crippen LogP contribution in [0.3, 0.4) is 0 Å². The monoisotopic (exact) mass is 327 g/mol. The van der Waals surface area contributed by atoms with E-state index in [0.29, 0.717) is 24.1 Å². The first kappa shape index (κ1) is 16.9. The fourth-order valence-corrected chi connectivity index (χ4v) is 1.80. The Morgan fingerprint density at radius 1 is 1.22 bits per heavy atom. The van der Waals surface area contributed by atoms with Crippen LogP contribution in [-0.2, 0) is 6.18 Å². The number of anilines is 2. The Bertz CT molecular complexity index is 663. The number of ether oxygens (including phenoxy) is 2. The molecule has 0 saturated carbocycles. The van der Waals surface area contributed by atoms with E-state index in [1.54, 1.807) is 31.2 Å². The van der Waals surface area contributed by atoms with Gasteiger partial charge >= 0.3 is 6.18 Å². The van der Waals surface area contributed by atoms with Crippen LogP contribution in [0.1, 0.15) is 18.9 Å². The highest BCUT2D eigenvalue weighted by molar-refractivity contribution is 5.62. The Morgan fingerprint density at radius 3 is 2.61 bits per heavy atom. The molecule has 0 unspecified atom stereocenters. The van der Waals surface area contributed by atoms with Crippen molar-refractivity contribution in [2.24, 2.45) is 0 Å². The number of methoxy groups -OCH3 is 1. The molecule has 8 heteroatoms. The molecule has 1 aromatic carbocycles. The van der Waals surface area contributed by atoms with E-state index in [1.807, 2.05) is 0 Å². The summed E-state index contributed by atoms with van der Waals surface area (Å²) < 4.78 is 49.1. The first-order valence-electron chi connectivity index (χ1n) is 6.92. The van der Waals surface area contributed by atoms with Crippen molar-refractivity contribution < 1.29 is 22.6 Å². The van der Waals surface area contributed by atoms with Gasteiger partial charge in [0.2, 0.25) is 11.8 Å². The summed E-state index contributed by atoms with van der Waals surface area (Å²) in [6.07, 6.45) is -3.31. The molecule has 0 aliphatic rings. The number of rotatable bonds is 6. The maximum atomic E-state index is 13.0. The molecule has 5 nitrogen and oxygen atoms in total. The summed E-state index contributed by atoms with van der Waals surface area (Å²) in [6.45, 7) is 1.93. The third-order valence-electron chi connectivity index (χ3n) is 2.86. The number of halogens is 3. The predicted octanol–water partition coefficient (Wildman–Crippen LogP) is 4.04. The van der Waals surface area contributed by atoms with Crippen molar-refractivity contribution in [2.45, 2.75) is 19.5 Å². The summed E-state index contributed by atoms with van der Waals surface area (Å²) in [7, 11) is 1.49. The van der Waals surface area contributed by atoms with Crippen LogP contribution < -0.4 is 14.8 Å². The number of aromatic nitrogens is 2. The van der Waals surface area contributed by atoms with Gasteiger partial charge in [-0.05, 0) is 18.6 Å². The molecule has 124 valence electrons. The fraction of sp³-hybridized carbons (Fsp3) is 0.333. The summed E-state index contributed by atoms with van der Waals surface area (Å²) in [5, 5.41) is 2.82. The molecule has 0 bridgehead atoms. The van der Waals surface area contributed by atoms with Crippen LogP contribution in [0.4, 0.5) is 24.8 Å². The molecule has 0 spiro atoms. The highest BCUT2D eigenvalue weighted by Gasteiger charge is 2.36. The van der Waals surface area contributed by atoms with Gasteiger partial charge in [0.05, 0.1) is 19.4 Å². The maximum absolute atomic E-state index is 13.0. The number of alkyl halides is 3.